The molecule has 0 saturated carbocycles. The van der Waals surface area contributed by atoms with Crippen LogP contribution in [0.1, 0.15) is 44.2 Å². The predicted molar refractivity (Wildman–Crippen MR) is 93.4 cm³/mol. The third-order valence-corrected chi connectivity index (χ3v) is 4.21. The fourth-order valence-electron chi connectivity index (χ4n) is 2.45. The summed E-state index contributed by atoms with van der Waals surface area (Å²) in [5.74, 6) is 0.630. The Hall–Kier alpha value is -1.47. The van der Waals surface area contributed by atoms with Crippen molar-refractivity contribution < 1.29 is 0 Å². The zero-order chi connectivity index (χ0) is 15.2. The highest BCUT2D eigenvalue weighted by atomic mass is 35.5. The van der Waals surface area contributed by atoms with E-state index in [1.807, 2.05) is 12.1 Å². The summed E-state index contributed by atoms with van der Waals surface area (Å²) in [6.45, 7) is 6.70. The van der Waals surface area contributed by atoms with Crippen molar-refractivity contribution in [3.05, 3.63) is 64.7 Å². The van der Waals surface area contributed by atoms with Gasteiger partial charge in [-0.25, -0.2) is 0 Å². The van der Waals surface area contributed by atoms with Crippen LogP contribution < -0.4 is 5.32 Å². The second kappa shape index (κ2) is 7.51. The summed E-state index contributed by atoms with van der Waals surface area (Å²) in [4.78, 5) is 0. The molecule has 2 aromatic rings. The second-order valence-electron chi connectivity index (χ2n) is 5.81. The molecule has 0 amide bonds. The molecule has 0 aromatic heterocycles. The zero-order valence-corrected chi connectivity index (χ0v) is 13.8. The van der Waals surface area contributed by atoms with Gasteiger partial charge < -0.3 is 5.32 Å². The Balaban J connectivity index is 1.93. The van der Waals surface area contributed by atoms with Crippen LogP contribution in [0.2, 0.25) is 5.02 Å². The van der Waals surface area contributed by atoms with Crippen molar-refractivity contribution in [1.82, 2.24) is 0 Å². The summed E-state index contributed by atoms with van der Waals surface area (Å²) >= 11 is 5.91. The van der Waals surface area contributed by atoms with Crippen molar-refractivity contribution in [2.24, 2.45) is 0 Å². The van der Waals surface area contributed by atoms with Crippen LogP contribution in [0.4, 0.5) is 5.69 Å². The fraction of sp³-hybridized carbons (Fsp3) is 0.368. The number of benzene rings is 2. The first-order chi connectivity index (χ1) is 10.1. The molecule has 2 heteroatoms. The highest BCUT2D eigenvalue weighted by molar-refractivity contribution is 6.30. The van der Waals surface area contributed by atoms with Crippen LogP contribution in [-0.4, -0.2) is 6.04 Å². The Morgan fingerprint density at radius 1 is 0.952 bits per heavy atom. The van der Waals surface area contributed by atoms with E-state index in [0.717, 1.165) is 11.4 Å². The quantitative estimate of drug-likeness (QED) is 0.700. The lowest BCUT2D eigenvalue weighted by Crippen LogP contribution is -2.18. The third kappa shape index (κ3) is 4.78. The molecule has 0 saturated heterocycles. The van der Waals surface area contributed by atoms with Gasteiger partial charge in [0.25, 0.3) is 0 Å². The van der Waals surface area contributed by atoms with Crippen LogP contribution in [-0.2, 0) is 6.42 Å². The highest BCUT2D eigenvalue weighted by Crippen LogP contribution is 2.21. The molecule has 0 aliphatic rings. The zero-order valence-electron chi connectivity index (χ0n) is 13.1. The Labute approximate surface area is 133 Å². The number of hydrogen-bond donors (Lipinski definition) is 1. The molecule has 2 rings (SSSR count). The largest absolute Gasteiger partial charge is 0.382 e. The summed E-state index contributed by atoms with van der Waals surface area (Å²) in [7, 11) is 0. The summed E-state index contributed by atoms with van der Waals surface area (Å²) < 4.78 is 0. The van der Waals surface area contributed by atoms with Gasteiger partial charge in [0.15, 0.2) is 0 Å². The van der Waals surface area contributed by atoms with Gasteiger partial charge in [-0.15, -0.1) is 0 Å². The van der Waals surface area contributed by atoms with Crippen LogP contribution in [0.5, 0.6) is 0 Å². The van der Waals surface area contributed by atoms with Gasteiger partial charge in [0.05, 0.1) is 0 Å². The average Bonchev–Trinajstić information content (AvgIpc) is 2.49. The van der Waals surface area contributed by atoms with Crippen molar-refractivity contribution in [2.75, 3.05) is 5.32 Å². The molecule has 0 bridgehead atoms. The van der Waals surface area contributed by atoms with Gasteiger partial charge in [0.1, 0.15) is 0 Å². The second-order valence-corrected chi connectivity index (χ2v) is 6.24. The normalized spacial score (nSPS) is 13.7. The number of hydrogen-bond acceptors (Lipinski definition) is 1. The highest BCUT2D eigenvalue weighted by Gasteiger charge is 2.06. The van der Waals surface area contributed by atoms with Crippen molar-refractivity contribution in [3.63, 3.8) is 0 Å². The SMILES string of the molecule is CCC(C)c1ccc(NC(C)Cc2ccc(Cl)cc2)cc1. The summed E-state index contributed by atoms with van der Waals surface area (Å²) in [5.41, 5.74) is 3.90. The summed E-state index contributed by atoms with van der Waals surface area (Å²) in [5, 5.41) is 4.35. The van der Waals surface area contributed by atoms with Gasteiger partial charge in [0.2, 0.25) is 0 Å². The maximum Gasteiger partial charge on any atom is 0.0406 e. The van der Waals surface area contributed by atoms with Crippen molar-refractivity contribution in [1.29, 1.82) is 0 Å². The maximum atomic E-state index is 5.91. The Morgan fingerprint density at radius 3 is 2.14 bits per heavy atom. The summed E-state index contributed by atoms with van der Waals surface area (Å²) in [6.07, 6.45) is 2.17. The molecule has 0 fully saturated rings. The van der Waals surface area contributed by atoms with Gasteiger partial charge in [-0.3, -0.25) is 0 Å². The van der Waals surface area contributed by atoms with E-state index in [0.29, 0.717) is 12.0 Å². The van der Waals surface area contributed by atoms with E-state index in [9.17, 15) is 0 Å². The fourth-order valence-corrected chi connectivity index (χ4v) is 2.58. The molecule has 0 heterocycles. The van der Waals surface area contributed by atoms with E-state index >= 15 is 0 Å². The van der Waals surface area contributed by atoms with Crippen molar-refractivity contribution in [3.8, 4) is 0 Å². The lowest BCUT2D eigenvalue weighted by Gasteiger charge is -2.16. The minimum absolute atomic E-state index is 0.389. The van der Waals surface area contributed by atoms with Crippen molar-refractivity contribution in [2.45, 2.75) is 45.6 Å². The van der Waals surface area contributed by atoms with E-state index in [2.05, 4.69) is 62.5 Å². The number of anilines is 1. The average molecular weight is 302 g/mol. The molecular formula is C19H24ClN. The summed E-state index contributed by atoms with van der Waals surface area (Å²) in [6, 6.07) is 17.3. The molecule has 0 aliphatic heterocycles. The molecule has 112 valence electrons. The molecule has 0 spiro atoms. The molecule has 2 atom stereocenters. The Bertz CT molecular complexity index is 545. The topological polar surface area (TPSA) is 12.0 Å². The van der Waals surface area contributed by atoms with Gasteiger partial charge in [-0.2, -0.15) is 0 Å². The third-order valence-electron chi connectivity index (χ3n) is 3.96. The van der Waals surface area contributed by atoms with Crippen molar-refractivity contribution >= 4 is 17.3 Å². The van der Waals surface area contributed by atoms with E-state index in [4.69, 9.17) is 11.6 Å². The van der Waals surface area contributed by atoms with Crippen LogP contribution in [0, 0.1) is 0 Å². The van der Waals surface area contributed by atoms with Crippen LogP contribution in [0.25, 0.3) is 0 Å². The molecular weight excluding hydrogens is 278 g/mol. The minimum Gasteiger partial charge on any atom is -0.382 e. The molecule has 1 N–H and O–H groups in total. The molecule has 1 nitrogen and oxygen atoms in total. The first-order valence-electron chi connectivity index (χ1n) is 7.69. The van der Waals surface area contributed by atoms with Crippen LogP contribution in [0.3, 0.4) is 0 Å². The number of halogens is 1. The van der Waals surface area contributed by atoms with Crippen LogP contribution >= 0.6 is 11.6 Å². The molecule has 0 aliphatic carbocycles. The van der Waals surface area contributed by atoms with E-state index < -0.39 is 0 Å². The molecule has 0 radical (unpaired) electrons. The van der Waals surface area contributed by atoms with Gasteiger partial charge in [0, 0.05) is 16.8 Å². The Morgan fingerprint density at radius 2 is 1.57 bits per heavy atom. The smallest absolute Gasteiger partial charge is 0.0406 e. The lowest BCUT2D eigenvalue weighted by atomic mass is 9.98. The standard InChI is InChI=1S/C19H24ClN/c1-4-14(2)17-7-11-19(12-8-17)21-15(3)13-16-5-9-18(20)10-6-16/h5-12,14-15,21H,4,13H2,1-3H3. The maximum absolute atomic E-state index is 5.91. The van der Waals surface area contributed by atoms with E-state index in [1.165, 1.54) is 23.2 Å². The van der Waals surface area contributed by atoms with Gasteiger partial charge in [-0.1, -0.05) is 49.7 Å². The van der Waals surface area contributed by atoms with Crippen LogP contribution in [0.15, 0.2) is 48.5 Å². The first kappa shape index (κ1) is 15.9. The molecule has 21 heavy (non-hydrogen) atoms. The van der Waals surface area contributed by atoms with Gasteiger partial charge >= 0.3 is 0 Å². The number of rotatable bonds is 6. The molecule has 2 aromatic carbocycles. The monoisotopic (exact) mass is 301 g/mol. The lowest BCUT2D eigenvalue weighted by molar-refractivity contribution is 0.733. The first-order valence-corrected chi connectivity index (χ1v) is 8.07. The van der Waals surface area contributed by atoms with E-state index in [-0.39, 0.29) is 0 Å². The Kier molecular flexibility index (Phi) is 5.69. The number of nitrogens with one attached hydrogen (secondary N) is 1. The van der Waals surface area contributed by atoms with Gasteiger partial charge in [-0.05, 0) is 61.1 Å². The predicted octanol–water partition coefficient (Wildman–Crippen LogP) is 5.90. The minimum atomic E-state index is 0.389. The van der Waals surface area contributed by atoms with E-state index in [1.54, 1.807) is 0 Å². The molecule has 2 unspecified atom stereocenters.